The normalized spacial score (nSPS) is 17.3. The van der Waals surface area contributed by atoms with E-state index in [0.717, 1.165) is 0 Å². The van der Waals surface area contributed by atoms with Gasteiger partial charge >= 0.3 is 0 Å². The van der Waals surface area contributed by atoms with E-state index in [4.69, 9.17) is 5.26 Å². The van der Waals surface area contributed by atoms with Crippen LogP contribution < -0.4 is 5.32 Å². The van der Waals surface area contributed by atoms with E-state index in [0.29, 0.717) is 37.3 Å². The third kappa shape index (κ3) is 2.38. The van der Waals surface area contributed by atoms with Crippen molar-refractivity contribution in [1.82, 2.24) is 9.62 Å². The van der Waals surface area contributed by atoms with Crippen molar-refractivity contribution in [3.8, 4) is 6.07 Å². The maximum absolute atomic E-state index is 12.5. The van der Waals surface area contributed by atoms with Gasteiger partial charge in [-0.05, 0) is 24.6 Å². The number of nitrogens with one attached hydrogen (secondary N) is 1. The molecule has 0 amide bonds. The minimum absolute atomic E-state index is 0.239. The first kappa shape index (κ1) is 13.0. The second kappa shape index (κ2) is 5.06. The Morgan fingerprint density at radius 3 is 2.61 bits per heavy atom. The number of nitriles is 1. The van der Waals surface area contributed by atoms with Gasteiger partial charge in [0.25, 0.3) is 0 Å². The van der Waals surface area contributed by atoms with Crippen LogP contribution in [0.3, 0.4) is 0 Å². The highest BCUT2D eigenvalue weighted by atomic mass is 32.2. The Hall–Kier alpha value is -1.42. The molecule has 5 nitrogen and oxygen atoms in total. The van der Waals surface area contributed by atoms with Gasteiger partial charge in [-0.1, -0.05) is 6.07 Å². The fourth-order valence-electron chi connectivity index (χ4n) is 1.97. The summed E-state index contributed by atoms with van der Waals surface area (Å²) >= 11 is 0. The second-order valence-electron chi connectivity index (χ2n) is 4.25. The highest BCUT2D eigenvalue weighted by Gasteiger charge is 2.27. The van der Waals surface area contributed by atoms with Crippen LogP contribution in [0.4, 0.5) is 0 Å². The second-order valence-corrected chi connectivity index (χ2v) is 6.15. The van der Waals surface area contributed by atoms with Gasteiger partial charge in [0.1, 0.15) is 0 Å². The smallest absolute Gasteiger partial charge is 0.243 e. The molecule has 0 saturated carbocycles. The van der Waals surface area contributed by atoms with Crippen molar-refractivity contribution < 1.29 is 8.42 Å². The first-order chi connectivity index (χ1) is 8.55. The quantitative estimate of drug-likeness (QED) is 0.843. The number of rotatable bonds is 2. The molecule has 1 aliphatic heterocycles. The lowest BCUT2D eigenvalue weighted by Crippen LogP contribution is -2.46. The molecule has 0 atom stereocenters. The standard InChI is InChI=1S/C12H15N3O2S/c1-10-2-3-11(9-13)8-12(10)18(16,17)15-6-4-14-5-7-15/h2-3,8,14H,4-7H2,1H3. The Balaban J connectivity index is 2.43. The van der Waals surface area contributed by atoms with Crippen molar-refractivity contribution in [2.45, 2.75) is 11.8 Å². The average Bonchev–Trinajstić information content (AvgIpc) is 2.40. The highest BCUT2D eigenvalue weighted by molar-refractivity contribution is 7.89. The van der Waals surface area contributed by atoms with E-state index in [-0.39, 0.29) is 4.90 Å². The third-order valence-corrected chi connectivity index (χ3v) is 5.05. The highest BCUT2D eigenvalue weighted by Crippen LogP contribution is 2.21. The van der Waals surface area contributed by atoms with Crippen molar-refractivity contribution in [2.75, 3.05) is 26.2 Å². The summed E-state index contributed by atoms with van der Waals surface area (Å²) in [6, 6.07) is 6.73. The maximum Gasteiger partial charge on any atom is 0.243 e. The summed E-state index contributed by atoms with van der Waals surface area (Å²) in [5.41, 5.74) is 1.04. The lowest BCUT2D eigenvalue weighted by atomic mass is 10.2. The van der Waals surface area contributed by atoms with E-state index in [1.165, 1.54) is 10.4 Å². The molecule has 6 heteroatoms. The topological polar surface area (TPSA) is 73.2 Å². The van der Waals surface area contributed by atoms with Crippen LogP contribution in [0.15, 0.2) is 23.1 Å². The zero-order chi connectivity index (χ0) is 13.2. The van der Waals surface area contributed by atoms with E-state index >= 15 is 0 Å². The van der Waals surface area contributed by atoms with E-state index in [9.17, 15) is 8.42 Å². The molecule has 0 aromatic heterocycles. The Morgan fingerprint density at radius 2 is 2.00 bits per heavy atom. The average molecular weight is 265 g/mol. The molecule has 0 unspecified atom stereocenters. The molecule has 2 rings (SSSR count). The molecule has 1 aromatic rings. The minimum Gasteiger partial charge on any atom is -0.314 e. The number of sulfonamides is 1. The number of hydrogen-bond donors (Lipinski definition) is 1. The molecule has 1 fully saturated rings. The van der Waals surface area contributed by atoms with Crippen LogP contribution in [0, 0.1) is 18.3 Å². The number of benzene rings is 1. The number of hydrogen-bond acceptors (Lipinski definition) is 4. The summed E-state index contributed by atoms with van der Waals surface area (Å²) in [5.74, 6) is 0. The predicted molar refractivity (Wildman–Crippen MR) is 67.5 cm³/mol. The molecule has 1 aromatic carbocycles. The Bertz CT molecular complexity index is 584. The van der Waals surface area contributed by atoms with Gasteiger partial charge in [-0.25, -0.2) is 8.42 Å². The third-order valence-electron chi connectivity index (χ3n) is 3.01. The lowest BCUT2D eigenvalue weighted by Gasteiger charge is -2.27. The van der Waals surface area contributed by atoms with Gasteiger partial charge in [-0.3, -0.25) is 0 Å². The van der Waals surface area contributed by atoms with Gasteiger partial charge < -0.3 is 5.32 Å². The van der Waals surface area contributed by atoms with Gasteiger partial charge in [0, 0.05) is 26.2 Å². The molecule has 0 spiro atoms. The monoisotopic (exact) mass is 265 g/mol. The summed E-state index contributed by atoms with van der Waals surface area (Å²) in [6.07, 6.45) is 0. The van der Waals surface area contributed by atoms with E-state index < -0.39 is 10.0 Å². The molecule has 1 N–H and O–H groups in total. The molecule has 0 radical (unpaired) electrons. The molecule has 1 aliphatic rings. The molecule has 1 heterocycles. The number of piperazine rings is 1. The Labute approximate surface area is 107 Å². The van der Waals surface area contributed by atoms with Crippen molar-refractivity contribution in [2.24, 2.45) is 0 Å². The van der Waals surface area contributed by atoms with Crippen molar-refractivity contribution >= 4 is 10.0 Å². The lowest BCUT2D eigenvalue weighted by molar-refractivity contribution is 0.360. The first-order valence-electron chi connectivity index (χ1n) is 5.77. The van der Waals surface area contributed by atoms with Gasteiger partial charge in [-0.15, -0.1) is 0 Å². The van der Waals surface area contributed by atoms with Gasteiger partial charge in [0.15, 0.2) is 0 Å². The van der Waals surface area contributed by atoms with Gasteiger partial charge in [0.2, 0.25) is 10.0 Å². The summed E-state index contributed by atoms with van der Waals surface area (Å²) in [7, 11) is -3.48. The van der Waals surface area contributed by atoms with Crippen LogP contribution >= 0.6 is 0 Å². The zero-order valence-corrected chi connectivity index (χ0v) is 11.0. The maximum atomic E-state index is 12.5. The van der Waals surface area contributed by atoms with Crippen LogP contribution in [0.1, 0.15) is 11.1 Å². The van der Waals surface area contributed by atoms with Gasteiger partial charge in [-0.2, -0.15) is 9.57 Å². The molecule has 96 valence electrons. The van der Waals surface area contributed by atoms with Crippen LogP contribution in [-0.4, -0.2) is 38.9 Å². The van der Waals surface area contributed by atoms with Crippen LogP contribution in [0.25, 0.3) is 0 Å². The summed E-state index contributed by atoms with van der Waals surface area (Å²) < 4.78 is 26.4. The number of aryl methyl sites for hydroxylation is 1. The van der Waals surface area contributed by atoms with Crippen LogP contribution in [0.2, 0.25) is 0 Å². The molecule has 0 bridgehead atoms. The fourth-order valence-corrected chi connectivity index (χ4v) is 3.66. The zero-order valence-electron chi connectivity index (χ0n) is 10.2. The van der Waals surface area contributed by atoms with Crippen LogP contribution in [0.5, 0.6) is 0 Å². The molecular formula is C12H15N3O2S. The predicted octanol–water partition coefficient (Wildman–Crippen LogP) is 0.461. The van der Waals surface area contributed by atoms with Crippen LogP contribution in [-0.2, 0) is 10.0 Å². The molecule has 18 heavy (non-hydrogen) atoms. The first-order valence-corrected chi connectivity index (χ1v) is 7.21. The van der Waals surface area contributed by atoms with E-state index in [2.05, 4.69) is 5.32 Å². The molecule has 1 saturated heterocycles. The fraction of sp³-hybridized carbons (Fsp3) is 0.417. The molecular weight excluding hydrogens is 250 g/mol. The van der Waals surface area contributed by atoms with Crippen molar-refractivity contribution in [1.29, 1.82) is 5.26 Å². The molecule has 0 aliphatic carbocycles. The van der Waals surface area contributed by atoms with Gasteiger partial charge in [0.05, 0.1) is 16.5 Å². The number of nitrogens with zero attached hydrogens (tertiary/aromatic N) is 2. The van der Waals surface area contributed by atoms with Crippen molar-refractivity contribution in [3.63, 3.8) is 0 Å². The Kier molecular flexibility index (Phi) is 3.66. The summed E-state index contributed by atoms with van der Waals surface area (Å²) in [5, 5.41) is 12.0. The summed E-state index contributed by atoms with van der Waals surface area (Å²) in [4.78, 5) is 0.239. The SMILES string of the molecule is Cc1ccc(C#N)cc1S(=O)(=O)N1CCNCC1. The summed E-state index contributed by atoms with van der Waals surface area (Å²) in [6.45, 7) is 4.01. The minimum atomic E-state index is -3.48. The van der Waals surface area contributed by atoms with Crippen molar-refractivity contribution in [3.05, 3.63) is 29.3 Å². The van der Waals surface area contributed by atoms with E-state index in [1.807, 2.05) is 6.07 Å². The Morgan fingerprint density at radius 1 is 1.33 bits per heavy atom. The largest absolute Gasteiger partial charge is 0.314 e. The van der Waals surface area contributed by atoms with E-state index in [1.54, 1.807) is 19.1 Å².